The van der Waals surface area contributed by atoms with Gasteiger partial charge in [0, 0.05) is 42.6 Å². The molecule has 0 fully saturated rings. The number of pyridine rings is 2. The molecular weight excluding hydrogens is 376 g/mol. The van der Waals surface area contributed by atoms with Crippen molar-refractivity contribution in [3.05, 3.63) is 47.8 Å². The van der Waals surface area contributed by atoms with Crippen molar-refractivity contribution in [2.45, 2.75) is 20.0 Å². The molecule has 0 aromatic carbocycles. The topological polar surface area (TPSA) is 102 Å². The summed E-state index contributed by atoms with van der Waals surface area (Å²) in [5.41, 5.74) is 1.65. The number of rotatable bonds is 2. The van der Waals surface area contributed by atoms with E-state index < -0.39 is 0 Å². The molecule has 0 radical (unpaired) electrons. The van der Waals surface area contributed by atoms with Gasteiger partial charge in [0.1, 0.15) is 21.7 Å². The van der Waals surface area contributed by atoms with E-state index in [1.54, 1.807) is 23.5 Å². The van der Waals surface area contributed by atoms with Gasteiger partial charge in [0.15, 0.2) is 0 Å². The molecule has 4 aromatic rings. The Balaban J connectivity index is 1.38. The van der Waals surface area contributed by atoms with E-state index in [2.05, 4.69) is 35.0 Å². The molecule has 0 atom stereocenters. The molecule has 0 bridgehead atoms. The Morgan fingerprint density at radius 3 is 2.93 bits per heavy atom. The molecule has 0 saturated carbocycles. The summed E-state index contributed by atoms with van der Waals surface area (Å²) in [7, 11) is 0. The van der Waals surface area contributed by atoms with E-state index >= 15 is 0 Å². The maximum Gasteiger partial charge on any atom is 0.323 e. The van der Waals surface area contributed by atoms with Crippen molar-refractivity contribution < 1.29 is 4.79 Å². The molecule has 0 aliphatic carbocycles. The zero-order valence-electron chi connectivity index (χ0n) is 15.0. The number of nitrogens with zero attached hydrogens (tertiary/aromatic N) is 7. The smallest absolute Gasteiger partial charge is 0.323 e. The first-order chi connectivity index (χ1) is 13.7. The number of amides is 2. The van der Waals surface area contributed by atoms with Gasteiger partial charge < -0.3 is 9.47 Å². The molecule has 4 aromatic heterocycles. The monoisotopic (exact) mass is 392 g/mol. The quantitative estimate of drug-likeness (QED) is 0.563. The van der Waals surface area contributed by atoms with Crippen LogP contribution in [0.3, 0.4) is 0 Å². The lowest BCUT2D eigenvalue weighted by molar-refractivity contribution is 0.195. The van der Waals surface area contributed by atoms with Crippen molar-refractivity contribution in [1.82, 2.24) is 34.6 Å². The number of hydrogen-bond donors (Lipinski definition) is 1. The molecular formula is C18H16N8OS. The van der Waals surface area contributed by atoms with Gasteiger partial charge in [0.25, 0.3) is 0 Å². The van der Waals surface area contributed by atoms with E-state index in [0.29, 0.717) is 18.9 Å². The van der Waals surface area contributed by atoms with E-state index in [1.807, 2.05) is 25.3 Å². The third-order valence-corrected chi connectivity index (χ3v) is 5.50. The summed E-state index contributed by atoms with van der Waals surface area (Å²) in [6.07, 6.45) is 7.10. The van der Waals surface area contributed by atoms with Gasteiger partial charge in [-0.1, -0.05) is 11.3 Å². The lowest BCUT2D eigenvalue weighted by Crippen LogP contribution is -2.40. The predicted molar refractivity (Wildman–Crippen MR) is 105 cm³/mol. The minimum Gasteiger partial charge on any atom is -0.332 e. The summed E-state index contributed by atoms with van der Waals surface area (Å²) in [6.45, 7) is 3.77. The highest BCUT2D eigenvalue weighted by atomic mass is 32.1. The number of aryl methyl sites for hydroxylation is 1. The number of hydrogen-bond acceptors (Lipinski definition) is 7. The highest BCUT2D eigenvalue weighted by Gasteiger charge is 2.21. The van der Waals surface area contributed by atoms with Crippen LogP contribution in [0.1, 0.15) is 10.8 Å². The van der Waals surface area contributed by atoms with Crippen LogP contribution in [0, 0.1) is 6.92 Å². The third-order valence-electron chi connectivity index (χ3n) is 4.61. The number of urea groups is 1. The van der Waals surface area contributed by atoms with E-state index in [9.17, 15) is 4.79 Å². The molecule has 0 unspecified atom stereocenters. The first-order valence-electron chi connectivity index (χ1n) is 8.78. The fourth-order valence-electron chi connectivity index (χ4n) is 3.17. The molecule has 140 valence electrons. The second-order valence-electron chi connectivity index (χ2n) is 6.50. The SMILES string of the molecule is Cc1nnc(-c2cnc3cnc(NC(=O)N4CCn5ccnc5C4)cc3c2)s1. The van der Waals surface area contributed by atoms with E-state index in [1.165, 1.54) is 11.3 Å². The summed E-state index contributed by atoms with van der Waals surface area (Å²) >= 11 is 1.52. The van der Waals surface area contributed by atoms with E-state index in [0.717, 1.165) is 38.9 Å². The van der Waals surface area contributed by atoms with Crippen molar-refractivity contribution in [1.29, 1.82) is 0 Å². The molecule has 10 heteroatoms. The van der Waals surface area contributed by atoms with Gasteiger partial charge in [-0.25, -0.2) is 14.8 Å². The van der Waals surface area contributed by atoms with Crippen LogP contribution in [0.4, 0.5) is 10.6 Å². The van der Waals surface area contributed by atoms with Crippen LogP contribution in [-0.4, -0.2) is 47.2 Å². The van der Waals surface area contributed by atoms with Gasteiger partial charge >= 0.3 is 6.03 Å². The molecule has 1 aliphatic heterocycles. The van der Waals surface area contributed by atoms with Crippen LogP contribution in [0.2, 0.25) is 0 Å². The lowest BCUT2D eigenvalue weighted by Gasteiger charge is -2.27. The number of aromatic nitrogens is 6. The molecule has 0 saturated heterocycles. The molecule has 1 N–H and O–H groups in total. The first-order valence-corrected chi connectivity index (χ1v) is 9.59. The first kappa shape index (κ1) is 16.8. The van der Waals surface area contributed by atoms with Crippen LogP contribution in [0.5, 0.6) is 0 Å². The number of anilines is 1. The number of carbonyl (C=O) groups is 1. The fourth-order valence-corrected chi connectivity index (χ4v) is 3.84. The third kappa shape index (κ3) is 3.07. The van der Waals surface area contributed by atoms with Gasteiger partial charge in [0.2, 0.25) is 0 Å². The second-order valence-corrected chi connectivity index (χ2v) is 7.68. The minimum absolute atomic E-state index is 0.190. The number of carbonyl (C=O) groups excluding carboxylic acids is 1. The maximum absolute atomic E-state index is 12.6. The molecule has 5 heterocycles. The highest BCUT2D eigenvalue weighted by molar-refractivity contribution is 7.14. The van der Waals surface area contributed by atoms with Crippen LogP contribution < -0.4 is 5.32 Å². The number of fused-ring (bicyclic) bond motifs is 2. The summed E-state index contributed by atoms with van der Waals surface area (Å²) in [5.74, 6) is 1.37. The summed E-state index contributed by atoms with van der Waals surface area (Å²) in [6, 6.07) is 3.62. The van der Waals surface area contributed by atoms with Crippen molar-refractivity contribution in [3.8, 4) is 10.6 Å². The van der Waals surface area contributed by atoms with Crippen molar-refractivity contribution in [2.24, 2.45) is 0 Å². The molecule has 1 aliphatic rings. The molecule has 9 nitrogen and oxygen atoms in total. The average Bonchev–Trinajstić information content (AvgIpc) is 3.35. The van der Waals surface area contributed by atoms with Gasteiger partial charge in [0.05, 0.1) is 18.3 Å². The van der Waals surface area contributed by atoms with Crippen molar-refractivity contribution in [2.75, 3.05) is 11.9 Å². The Bertz CT molecular complexity index is 1180. The lowest BCUT2D eigenvalue weighted by atomic mass is 10.2. The number of nitrogens with one attached hydrogen (secondary N) is 1. The molecule has 28 heavy (non-hydrogen) atoms. The zero-order valence-corrected chi connectivity index (χ0v) is 15.8. The van der Waals surface area contributed by atoms with Gasteiger partial charge in [-0.3, -0.25) is 10.3 Å². The van der Waals surface area contributed by atoms with Crippen LogP contribution in [0.15, 0.2) is 36.9 Å². The Morgan fingerprint density at radius 1 is 1.14 bits per heavy atom. The summed E-state index contributed by atoms with van der Waals surface area (Å²) in [5, 5.41) is 13.7. The van der Waals surface area contributed by atoms with Gasteiger partial charge in [-0.15, -0.1) is 10.2 Å². The Kier molecular flexibility index (Phi) is 3.97. The standard InChI is InChI=1S/C18H16N8OS/c1-11-23-24-17(28-11)13-6-12-7-15(21-9-14(12)20-8-13)22-18(27)26-5-4-25-3-2-19-16(25)10-26/h2-3,6-9H,4-5,10H2,1H3,(H,21,22,27). The van der Waals surface area contributed by atoms with E-state index in [-0.39, 0.29) is 6.03 Å². The van der Waals surface area contributed by atoms with Crippen LogP contribution in [0.25, 0.3) is 21.5 Å². The predicted octanol–water partition coefficient (Wildman–Crippen LogP) is 2.70. The molecule has 0 spiro atoms. The van der Waals surface area contributed by atoms with Crippen LogP contribution in [-0.2, 0) is 13.1 Å². The zero-order chi connectivity index (χ0) is 19.1. The Labute approximate surface area is 164 Å². The second kappa shape index (κ2) is 6.64. The van der Waals surface area contributed by atoms with E-state index in [4.69, 9.17) is 0 Å². The Morgan fingerprint density at radius 2 is 2.07 bits per heavy atom. The van der Waals surface area contributed by atoms with Crippen molar-refractivity contribution in [3.63, 3.8) is 0 Å². The van der Waals surface area contributed by atoms with Crippen LogP contribution >= 0.6 is 11.3 Å². The minimum atomic E-state index is -0.190. The van der Waals surface area contributed by atoms with Gasteiger partial charge in [-0.2, -0.15) is 0 Å². The largest absolute Gasteiger partial charge is 0.332 e. The maximum atomic E-state index is 12.6. The highest BCUT2D eigenvalue weighted by Crippen LogP contribution is 2.26. The number of imidazole rings is 1. The summed E-state index contributed by atoms with van der Waals surface area (Å²) in [4.78, 5) is 27.4. The fraction of sp³-hybridized carbons (Fsp3) is 0.222. The van der Waals surface area contributed by atoms with Crippen molar-refractivity contribution >= 4 is 34.1 Å². The Hall–Kier alpha value is -3.40. The molecule has 5 rings (SSSR count). The average molecular weight is 392 g/mol. The summed E-state index contributed by atoms with van der Waals surface area (Å²) < 4.78 is 2.06. The van der Waals surface area contributed by atoms with Gasteiger partial charge in [-0.05, 0) is 19.1 Å². The normalized spacial score (nSPS) is 13.5. The molecule has 2 amide bonds.